The molecule has 0 saturated carbocycles. The Labute approximate surface area is 132 Å². The van der Waals surface area contributed by atoms with Gasteiger partial charge in [0.15, 0.2) is 0 Å². The Morgan fingerprint density at radius 1 is 0.818 bits per heavy atom. The number of hydrogen-bond acceptors (Lipinski definition) is 4. The molecule has 6 nitrogen and oxygen atoms in total. The van der Waals surface area contributed by atoms with Crippen LogP contribution in [0.15, 0.2) is 52.3 Å². The highest BCUT2D eigenvalue weighted by molar-refractivity contribution is 7.86. The summed E-state index contributed by atoms with van der Waals surface area (Å²) in [6, 6.07) is 9.51. The average Bonchev–Trinajstić information content (AvgIpc) is 2.44. The fourth-order valence-electron chi connectivity index (χ4n) is 2.12. The van der Waals surface area contributed by atoms with E-state index < -0.39 is 30.0 Å². The van der Waals surface area contributed by atoms with E-state index in [1.807, 2.05) is 0 Å². The molecule has 0 amide bonds. The second kappa shape index (κ2) is 5.98. The summed E-state index contributed by atoms with van der Waals surface area (Å²) in [5.74, 6) is -0.197. The van der Waals surface area contributed by atoms with E-state index >= 15 is 0 Å². The van der Waals surface area contributed by atoms with Crippen LogP contribution in [0.25, 0.3) is 11.1 Å². The van der Waals surface area contributed by atoms with Crippen LogP contribution in [0.1, 0.15) is 5.56 Å². The molecule has 9 heteroatoms. The lowest BCUT2D eigenvalue weighted by molar-refractivity contribution is 0.479. The fraction of sp³-hybridized carbons (Fsp3) is 0.0769. The summed E-state index contributed by atoms with van der Waals surface area (Å²) in [7, 11) is -9.22. The summed E-state index contributed by atoms with van der Waals surface area (Å²) in [6.07, 6.45) is 0. The van der Waals surface area contributed by atoms with Gasteiger partial charge in [0.05, 0.1) is 0 Å². The Hall–Kier alpha value is -1.45. The van der Waals surface area contributed by atoms with Gasteiger partial charge in [-0.05, 0) is 11.6 Å². The summed E-state index contributed by atoms with van der Waals surface area (Å²) in [4.78, 5) is -0.951. The Bertz CT molecular complexity index is 919. The summed E-state index contributed by atoms with van der Waals surface area (Å²) in [5, 5.41) is 0. The Balaban J connectivity index is 2.92. The first-order valence-corrected chi connectivity index (χ1v) is 9.30. The molecule has 0 aliphatic carbocycles. The quantitative estimate of drug-likeness (QED) is 0.639. The molecule has 0 spiro atoms. The third-order valence-corrected chi connectivity index (χ3v) is 5.15. The van der Waals surface area contributed by atoms with Gasteiger partial charge in [0, 0.05) is 17.0 Å². The Morgan fingerprint density at radius 2 is 1.41 bits per heavy atom. The summed E-state index contributed by atoms with van der Waals surface area (Å²) in [5.41, 5.74) is 0.00488. The van der Waals surface area contributed by atoms with Gasteiger partial charge in [-0.15, -0.1) is 11.6 Å². The molecule has 0 unspecified atom stereocenters. The number of rotatable bonds is 4. The molecule has 0 heterocycles. The van der Waals surface area contributed by atoms with E-state index in [0.717, 1.165) is 6.07 Å². The van der Waals surface area contributed by atoms with Crippen molar-refractivity contribution in [3.05, 3.63) is 48.0 Å². The predicted octanol–water partition coefficient (Wildman–Crippen LogP) is 2.59. The first-order chi connectivity index (χ1) is 10.2. The third-order valence-electron chi connectivity index (χ3n) is 2.95. The van der Waals surface area contributed by atoms with E-state index in [4.69, 9.17) is 11.6 Å². The van der Waals surface area contributed by atoms with Gasteiger partial charge in [-0.25, -0.2) is 0 Å². The van der Waals surface area contributed by atoms with E-state index in [9.17, 15) is 25.9 Å². The predicted molar refractivity (Wildman–Crippen MR) is 81.1 cm³/mol. The third kappa shape index (κ3) is 3.31. The van der Waals surface area contributed by atoms with E-state index in [2.05, 4.69) is 0 Å². The van der Waals surface area contributed by atoms with Crippen LogP contribution in [-0.2, 0) is 26.1 Å². The van der Waals surface area contributed by atoms with Crippen LogP contribution in [0.4, 0.5) is 0 Å². The number of halogens is 1. The number of benzene rings is 2. The molecule has 0 aromatic heterocycles. The van der Waals surface area contributed by atoms with Crippen molar-refractivity contribution in [1.82, 2.24) is 0 Å². The van der Waals surface area contributed by atoms with E-state index in [-0.39, 0.29) is 22.6 Å². The van der Waals surface area contributed by atoms with Crippen LogP contribution < -0.4 is 0 Å². The molecule has 118 valence electrons. The van der Waals surface area contributed by atoms with Crippen molar-refractivity contribution >= 4 is 31.8 Å². The molecule has 0 saturated heterocycles. The van der Waals surface area contributed by atoms with Crippen LogP contribution in [0.2, 0.25) is 0 Å². The molecule has 0 aliphatic heterocycles. The maximum absolute atomic E-state index is 11.7. The lowest BCUT2D eigenvalue weighted by atomic mass is 10.0. The maximum atomic E-state index is 11.7. The van der Waals surface area contributed by atoms with Crippen molar-refractivity contribution in [2.24, 2.45) is 0 Å². The average molecular weight is 363 g/mol. The maximum Gasteiger partial charge on any atom is 0.295 e. The zero-order valence-electron chi connectivity index (χ0n) is 11.0. The van der Waals surface area contributed by atoms with E-state index in [1.54, 1.807) is 0 Å². The molecular formula is C13H11ClO6S2. The molecule has 0 fully saturated rings. The van der Waals surface area contributed by atoms with Crippen molar-refractivity contribution in [3.63, 3.8) is 0 Å². The first kappa shape index (κ1) is 16.9. The fourth-order valence-corrected chi connectivity index (χ4v) is 4.06. The van der Waals surface area contributed by atoms with E-state index in [1.165, 1.54) is 36.4 Å². The molecule has 2 aromatic rings. The minimum Gasteiger partial charge on any atom is -0.282 e. The summed E-state index contributed by atoms with van der Waals surface area (Å²) in [6.45, 7) is 0. The molecule has 22 heavy (non-hydrogen) atoms. The monoisotopic (exact) mass is 362 g/mol. The second-order valence-corrected chi connectivity index (χ2v) is 7.39. The minimum absolute atomic E-state index is 0.0513. The highest BCUT2D eigenvalue weighted by atomic mass is 35.5. The van der Waals surface area contributed by atoms with Gasteiger partial charge >= 0.3 is 0 Å². The molecule has 0 radical (unpaired) electrons. The largest absolute Gasteiger partial charge is 0.295 e. The topological polar surface area (TPSA) is 109 Å². The molecular weight excluding hydrogens is 352 g/mol. The highest BCUT2D eigenvalue weighted by Crippen LogP contribution is 2.34. The Morgan fingerprint density at radius 3 is 1.95 bits per heavy atom. The lowest BCUT2D eigenvalue weighted by Crippen LogP contribution is -2.07. The highest BCUT2D eigenvalue weighted by Gasteiger charge is 2.24. The molecule has 0 aliphatic rings. The van der Waals surface area contributed by atoms with Gasteiger partial charge in [-0.2, -0.15) is 16.8 Å². The molecule has 2 N–H and O–H groups in total. The van der Waals surface area contributed by atoms with Crippen LogP contribution in [0.3, 0.4) is 0 Å². The van der Waals surface area contributed by atoms with Crippen LogP contribution in [-0.4, -0.2) is 25.9 Å². The van der Waals surface area contributed by atoms with Crippen LogP contribution in [0.5, 0.6) is 0 Å². The normalized spacial score (nSPS) is 12.3. The van der Waals surface area contributed by atoms with Gasteiger partial charge in [0.2, 0.25) is 0 Å². The van der Waals surface area contributed by atoms with Crippen molar-refractivity contribution in [2.45, 2.75) is 15.7 Å². The Kier molecular flexibility index (Phi) is 4.59. The van der Waals surface area contributed by atoms with Gasteiger partial charge < -0.3 is 0 Å². The number of hydrogen-bond donors (Lipinski definition) is 2. The second-order valence-electron chi connectivity index (χ2n) is 4.37. The SMILES string of the molecule is O=S(=O)(O)c1ccccc1-c1cccc(CCl)c1S(=O)(=O)O. The standard InChI is InChI=1S/C13H11ClO6S2/c14-8-9-4-3-6-11(13(9)22(18,19)20)10-5-1-2-7-12(10)21(15,16)17/h1-7H,8H2,(H,15,16,17)(H,18,19,20). The van der Waals surface area contributed by atoms with Crippen molar-refractivity contribution in [2.75, 3.05) is 0 Å². The van der Waals surface area contributed by atoms with Crippen LogP contribution in [0, 0.1) is 0 Å². The lowest BCUT2D eigenvalue weighted by Gasteiger charge is -2.13. The zero-order valence-corrected chi connectivity index (χ0v) is 13.4. The van der Waals surface area contributed by atoms with Gasteiger partial charge in [-0.3, -0.25) is 9.11 Å². The van der Waals surface area contributed by atoms with Crippen molar-refractivity contribution < 1.29 is 25.9 Å². The van der Waals surface area contributed by atoms with Crippen molar-refractivity contribution in [3.8, 4) is 11.1 Å². The molecule has 2 rings (SSSR count). The van der Waals surface area contributed by atoms with Crippen molar-refractivity contribution in [1.29, 1.82) is 0 Å². The van der Waals surface area contributed by atoms with E-state index in [0.29, 0.717) is 0 Å². The van der Waals surface area contributed by atoms with Crippen LogP contribution >= 0.6 is 11.6 Å². The molecule has 0 atom stereocenters. The summed E-state index contributed by atoms with van der Waals surface area (Å²) >= 11 is 5.68. The summed E-state index contributed by atoms with van der Waals surface area (Å²) < 4.78 is 64.9. The first-order valence-electron chi connectivity index (χ1n) is 5.88. The van der Waals surface area contributed by atoms with Gasteiger partial charge in [0.1, 0.15) is 9.79 Å². The minimum atomic E-state index is -4.65. The smallest absolute Gasteiger partial charge is 0.282 e. The molecule has 0 bridgehead atoms. The van der Waals surface area contributed by atoms with Gasteiger partial charge in [0.25, 0.3) is 20.2 Å². The van der Waals surface area contributed by atoms with Gasteiger partial charge in [-0.1, -0.05) is 36.4 Å². The molecule has 2 aromatic carbocycles. The number of alkyl halides is 1. The zero-order chi connectivity index (χ0) is 16.5.